The van der Waals surface area contributed by atoms with E-state index in [0.29, 0.717) is 9.47 Å². The van der Waals surface area contributed by atoms with Gasteiger partial charge in [0.05, 0.1) is 11.3 Å². The summed E-state index contributed by atoms with van der Waals surface area (Å²) in [4.78, 5) is 23.8. The Kier molecular flexibility index (Phi) is 6.47. The number of anilines is 2. The highest BCUT2D eigenvalue weighted by Gasteiger charge is 2.30. The molecule has 0 spiro atoms. The minimum Gasteiger partial charge on any atom is -0.325 e. The number of carbonyl (C=O) groups is 2. The van der Waals surface area contributed by atoms with Crippen LogP contribution in [0.3, 0.4) is 0 Å². The summed E-state index contributed by atoms with van der Waals surface area (Å²) in [5, 5.41) is 13.2. The average molecular weight is 418 g/mol. The molecule has 0 aliphatic carbocycles. The molecule has 0 fully saturated rings. The molecule has 2 aromatic rings. The van der Waals surface area contributed by atoms with Gasteiger partial charge in [0.2, 0.25) is 16.9 Å². The molecule has 0 atom stereocenters. The van der Waals surface area contributed by atoms with Crippen LogP contribution in [-0.4, -0.2) is 27.8 Å². The second-order valence-corrected chi connectivity index (χ2v) is 8.69. The van der Waals surface area contributed by atoms with E-state index in [9.17, 15) is 22.8 Å². The van der Waals surface area contributed by atoms with Gasteiger partial charge in [0, 0.05) is 11.1 Å². The number of hydrogen-bond acceptors (Lipinski definition) is 6. The Morgan fingerprint density at radius 2 is 1.70 bits per heavy atom. The van der Waals surface area contributed by atoms with Gasteiger partial charge in [-0.2, -0.15) is 13.2 Å². The van der Waals surface area contributed by atoms with E-state index in [-0.39, 0.29) is 17.3 Å². The molecule has 1 heterocycles. The van der Waals surface area contributed by atoms with Crippen molar-refractivity contribution in [3.63, 3.8) is 0 Å². The first-order valence-electron chi connectivity index (χ1n) is 7.70. The maximum atomic E-state index is 12.5. The topological polar surface area (TPSA) is 84.0 Å². The summed E-state index contributed by atoms with van der Waals surface area (Å²) in [7, 11) is 0. The molecular weight excluding hydrogens is 401 g/mol. The molecule has 1 aromatic heterocycles. The van der Waals surface area contributed by atoms with E-state index in [1.807, 2.05) is 0 Å². The van der Waals surface area contributed by atoms with Gasteiger partial charge in [0.1, 0.15) is 0 Å². The Balaban J connectivity index is 1.85. The molecule has 0 bridgehead atoms. The molecule has 0 saturated carbocycles. The summed E-state index contributed by atoms with van der Waals surface area (Å²) in [5.74, 6) is -0.589. The van der Waals surface area contributed by atoms with Crippen molar-refractivity contribution in [2.24, 2.45) is 5.41 Å². The number of nitrogens with one attached hydrogen (secondary N) is 2. The first-order valence-corrected chi connectivity index (χ1v) is 9.50. The zero-order valence-corrected chi connectivity index (χ0v) is 16.3. The van der Waals surface area contributed by atoms with Crippen molar-refractivity contribution in [2.45, 2.75) is 31.3 Å². The lowest BCUT2D eigenvalue weighted by Crippen LogP contribution is -2.27. The van der Waals surface area contributed by atoms with Gasteiger partial charge >= 0.3 is 6.18 Å². The highest BCUT2D eigenvalue weighted by Crippen LogP contribution is 2.30. The van der Waals surface area contributed by atoms with E-state index >= 15 is 0 Å². The van der Waals surface area contributed by atoms with Crippen LogP contribution in [-0.2, 0) is 15.8 Å². The van der Waals surface area contributed by atoms with E-state index < -0.39 is 23.1 Å². The quantitative estimate of drug-likeness (QED) is 0.560. The van der Waals surface area contributed by atoms with Crippen molar-refractivity contribution in [2.75, 3.05) is 16.4 Å². The van der Waals surface area contributed by atoms with E-state index in [0.717, 1.165) is 35.2 Å². The zero-order valence-electron chi connectivity index (χ0n) is 14.7. The van der Waals surface area contributed by atoms with Crippen LogP contribution in [0, 0.1) is 5.41 Å². The van der Waals surface area contributed by atoms with Crippen LogP contribution in [0.15, 0.2) is 28.6 Å². The zero-order chi connectivity index (χ0) is 20.2. The van der Waals surface area contributed by atoms with Crippen LogP contribution >= 0.6 is 23.1 Å². The van der Waals surface area contributed by atoms with E-state index in [2.05, 4.69) is 20.8 Å². The van der Waals surface area contributed by atoms with Gasteiger partial charge in [0.25, 0.3) is 0 Å². The van der Waals surface area contributed by atoms with E-state index in [4.69, 9.17) is 0 Å². The van der Waals surface area contributed by atoms with Gasteiger partial charge in [-0.1, -0.05) is 43.9 Å². The molecule has 11 heteroatoms. The molecule has 27 heavy (non-hydrogen) atoms. The van der Waals surface area contributed by atoms with Crippen LogP contribution in [0.1, 0.15) is 26.3 Å². The van der Waals surface area contributed by atoms with Crippen molar-refractivity contribution in [1.29, 1.82) is 0 Å². The predicted molar refractivity (Wildman–Crippen MR) is 98.8 cm³/mol. The van der Waals surface area contributed by atoms with Gasteiger partial charge in [-0.25, -0.2) is 0 Å². The summed E-state index contributed by atoms with van der Waals surface area (Å²) < 4.78 is 38.0. The van der Waals surface area contributed by atoms with Gasteiger partial charge in [-0.05, 0) is 24.3 Å². The molecule has 0 aliphatic heterocycles. The van der Waals surface area contributed by atoms with Crippen molar-refractivity contribution >= 4 is 45.7 Å². The minimum atomic E-state index is -4.42. The highest BCUT2D eigenvalue weighted by molar-refractivity contribution is 8.01. The number of thioether (sulfide) groups is 1. The normalized spacial score (nSPS) is 11.9. The van der Waals surface area contributed by atoms with Crippen molar-refractivity contribution in [3.05, 3.63) is 29.8 Å². The van der Waals surface area contributed by atoms with Crippen LogP contribution in [0.4, 0.5) is 24.0 Å². The molecular formula is C16H17F3N4O2S2. The maximum Gasteiger partial charge on any atom is 0.416 e. The number of nitrogens with zero attached hydrogens (tertiary/aromatic N) is 2. The van der Waals surface area contributed by atoms with Gasteiger partial charge < -0.3 is 10.6 Å². The molecule has 1 aromatic carbocycles. The molecule has 0 aliphatic rings. The molecule has 2 rings (SSSR count). The molecule has 0 saturated heterocycles. The largest absolute Gasteiger partial charge is 0.416 e. The Labute approximate surface area is 161 Å². The lowest BCUT2D eigenvalue weighted by molar-refractivity contribution is -0.137. The Bertz CT molecular complexity index is 814. The fourth-order valence-corrected chi connectivity index (χ4v) is 3.22. The monoisotopic (exact) mass is 418 g/mol. The second kappa shape index (κ2) is 8.26. The van der Waals surface area contributed by atoms with Gasteiger partial charge in [-0.3, -0.25) is 9.59 Å². The Morgan fingerprint density at radius 1 is 1.07 bits per heavy atom. The first-order chi connectivity index (χ1) is 12.4. The summed E-state index contributed by atoms with van der Waals surface area (Å²) in [6, 6.07) is 4.18. The number of alkyl halides is 3. The Hall–Kier alpha value is -2.14. The third-order valence-electron chi connectivity index (χ3n) is 3.13. The average Bonchev–Trinajstić information content (AvgIpc) is 2.99. The lowest BCUT2D eigenvalue weighted by Gasteiger charge is -2.15. The number of hydrogen-bond donors (Lipinski definition) is 2. The summed E-state index contributed by atoms with van der Waals surface area (Å²) in [6.07, 6.45) is -4.42. The van der Waals surface area contributed by atoms with Crippen LogP contribution in [0.2, 0.25) is 0 Å². The van der Waals surface area contributed by atoms with Crippen molar-refractivity contribution in [3.8, 4) is 0 Å². The molecule has 6 nitrogen and oxygen atoms in total. The molecule has 0 radical (unpaired) electrons. The molecule has 146 valence electrons. The first kappa shape index (κ1) is 21.2. The predicted octanol–water partition coefficient (Wildman–Crippen LogP) is 4.27. The fourth-order valence-electron chi connectivity index (χ4n) is 1.67. The van der Waals surface area contributed by atoms with Gasteiger partial charge in [-0.15, -0.1) is 10.2 Å². The molecule has 2 N–H and O–H groups in total. The van der Waals surface area contributed by atoms with Crippen molar-refractivity contribution in [1.82, 2.24) is 10.2 Å². The third-order valence-corrected chi connectivity index (χ3v) is 5.10. The minimum absolute atomic E-state index is 0.00285. The number of halogens is 3. The van der Waals surface area contributed by atoms with E-state index in [1.54, 1.807) is 20.8 Å². The van der Waals surface area contributed by atoms with E-state index in [1.165, 1.54) is 12.1 Å². The maximum absolute atomic E-state index is 12.5. The van der Waals surface area contributed by atoms with Crippen LogP contribution in [0.25, 0.3) is 0 Å². The highest BCUT2D eigenvalue weighted by atomic mass is 32.2. The number of amides is 2. The van der Waals surface area contributed by atoms with Gasteiger partial charge in [0.15, 0.2) is 4.34 Å². The standard InChI is InChI=1S/C16H17F3N4O2S2/c1-15(2,3)12(25)21-13-22-23-14(27-13)26-8-11(24)20-10-6-4-9(5-7-10)16(17,18)19/h4-7H,8H2,1-3H3,(H,20,24)(H,21,22,25). The summed E-state index contributed by atoms with van der Waals surface area (Å²) >= 11 is 2.25. The third kappa shape index (κ3) is 6.51. The Morgan fingerprint density at radius 3 is 2.26 bits per heavy atom. The van der Waals surface area contributed by atoms with Crippen LogP contribution in [0.5, 0.6) is 0 Å². The SMILES string of the molecule is CC(C)(C)C(=O)Nc1nnc(SCC(=O)Nc2ccc(C(F)(F)F)cc2)s1. The number of rotatable bonds is 5. The second-order valence-electron chi connectivity index (χ2n) is 6.49. The summed E-state index contributed by atoms with van der Waals surface area (Å²) in [6.45, 7) is 5.31. The molecule has 0 unspecified atom stereocenters. The number of benzene rings is 1. The van der Waals surface area contributed by atoms with Crippen LogP contribution < -0.4 is 10.6 Å². The van der Waals surface area contributed by atoms with Crippen molar-refractivity contribution < 1.29 is 22.8 Å². The summed E-state index contributed by atoms with van der Waals surface area (Å²) in [5.41, 5.74) is -1.09. The lowest BCUT2D eigenvalue weighted by atomic mass is 9.96. The number of carbonyl (C=O) groups excluding carboxylic acids is 2. The molecule has 2 amide bonds. The smallest absolute Gasteiger partial charge is 0.325 e. The fraction of sp³-hybridized carbons (Fsp3) is 0.375. The number of aromatic nitrogens is 2.